The van der Waals surface area contributed by atoms with Crippen molar-refractivity contribution in [3.05, 3.63) is 75.8 Å². The number of esters is 1. The van der Waals surface area contributed by atoms with E-state index in [0.29, 0.717) is 12.1 Å². The molecule has 0 N–H and O–H groups in total. The third-order valence-electron chi connectivity index (χ3n) is 5.05. The van der Waals surface area contributed by atoms with Crippen LogP contribution in [0.4, 0.5) is 18.9 Å². The Morgan fingerprint density at radius 1 is 1.10 bits per heavy atom. The number of ether oxygens (including phenoxy) is 1. The molecule has 2 aromatic rings. The Balaban J connectivity index is 1.68. The summed E-state index contributed by atoms with van der Waals surface area (Å²) in [6.45, 7) is -0.410. The number of hydrogen-bond donors (Lipinski definition) is 0. The Hall–Kier alpha value is -2.94. The summed E-state index contributed by atoms with van der Waals surface area (Å²) in [5, 5.41) is 10.7. The molecule has 1 aliphatic rings. The standard InChI is InChI=1S/C20H19F3N2O4/c21-20(22,23)19(10-11-24(14-19)12-15-4-2-1-3-5-15)18(26)29-13-16-6-8-17(9-7-16)25(27)28/h1-9H,10-14H2. The molecule has 1 atom stereocenters. The van der Waals surface area contributed by atoms with Crippen molar-refractivity contribution in [3.63, 3.8) is 0 Å². The first-order valence-corrected chi connectivity index (χ1v) is 8.95. The Morgan fingerprint density at radius 3 is 2.34 bits per heavy atom. The fourth-order valence-corrected chi connectivity index (χ4v) is 3.38. The van der Waals surface area contributed by atoms with Gasteiger partial charge in [0.2, 0.25) is 0 Å². The van der Waals surface area contributed by atoms with Crippen LogP contribution in [0.25, 0.3) is 0 Å². The average molecular weight is 408 g/mol. The summed E-state index contributed by atoms with van der Waals surface area (Å²) in [5.41, 5.74) is -1.49. The predicted octanol–water partition coefficient (Wildman–Crippen LogP) is 4.09. The van der Waals surface area contributed by atoms with Gasteiger partial charge in [0, 0.05) is 31.8 Å². The van der Waals surface area contributed by atoms with Gasteiger partial charge in [0.25, 0.3) is 5.69 Å². The molecular weight excluding hydrogens is 389 g/mol. The van der Waals surface area contributed by atoms with Crippen molar-refractivity contribution in [2.75, 3.05) is 13.1 Å². The summed E-state index contributed by atoms with van der Waals surface area (Å²) in [4.78, 5) is 24.1. The molecule has 1 heterocycles. The maximum atomic E-state index is 13.8. The molecule has 1 unspecified atom stereocenters. The van der Waals surface area contributed by atoms with Gasteiger partial charge in [0.15, 0.2) is 5.41 Å². The molecule has 9 heteroatoms. The number of non-ortho nitro benzene ring substituents is 1. The van der Waals surface area contributed by atoms with E-state index < -0.39 is 29.0 Å². The molecule has 0 saturated carbocycles. The number of hydrogen-bond acceptors (Lipinski definition) is 5. The number of nitro groups is 1. The minimum absolute atomic E-state index is 0.126. The normalized spacial score (nSPS) is 19.8. The van der Waals surface area contributed by atoms with Crippen molar-refractivity contribution < 1.29 is 27.6 Å². The van der Waals surface area contributed by atoms with E-state index in [4.69, 9.17) is 4.74 Å². The van der Waals surface area contributed by atoms with Gasteiger partial charge in [-0.05, 0) is 29.7 Å². The van der Waals surface area contributed by atoms with Gasteiger partial charge in [-0.1, -0.05) is 30.3 Å². The average Bonchev–Trinajstić information content (AvgIpc) is 3.12. The van der Waals surface area contributed by atoms with Crippen molar-refractivity contribution in [1.82, 2.24) is 4.90 Å². The molecule has 154 valence electrons. The van der Waals surface area contributed by atoms with Gasteiger partial charge in [0.05, 0.1) is 4.92 Å². The van der Waals surface area contributed by atoms with Crippen molar-refractivity contribution in [1.29, 1.82) is 0 Å². The molecule has 0 aromatic heterocycles. The molecule has 0 bridgehead atoms. The number of carbonyl (C=O) groups excluding carboxylic acids is 1. The fourth-order valence-electron chi connectivity index (χ4n) is 3.38. The second-order valence-electron chi connectivity index (χ2n) is 7.03. The van der Waals surface area contributed by atoms with Gasteiger partial charge in [-0.25, -0.2) is 0 Å². The molecule has 29 heavy (non-hydrogen) atoms. The third kappa shape index (κ3) is 4.56. The van der Waals surface area contributed by atoms with Crippen LogP contribution in [0, 0.1) is 15.5 Å². The van der Waals surface area contributed by atoms with E-state index in [0.717, 1.165) is 5.56 Å². The number of nitrogens with zero attached hydrogens (tertiary/aromatic N) is 2. The maximum absolute atomic E-state index is 13.8. The van der Waals surface area contributed by atoms with E-state index in [1.54, 1.807) is 17.0 Å². The molecule has 0 amide bonds. The number of carbonyl (C=O) groups is 1. The summed E-state index contributed by atoms with van der Waals surface area (Å²) >= 11 is 0. The number of alkyl halides is 3. The summed E-state index contributed by atoms with van der Waals surface area (Å²) in [6, 6.07) is 14.2. The molecule has 0 radical (unpaired) electrons. The first-order valence-electron chi connectivity index (χ1n) is 8.95. The summed E-state index contributed by atoms with van der Waals surface area (Å²) in [5.74, 6) is -1.32. The number of benzene rings is 2. The lowest BCUT2D eigenvalue weighted by atomic mass is 9.86. The largest absolute Gasteiger partial charge is 0.460 e. The predicted molar refractivity (Wildman–Crippen MR) is 97.7 cm³/mol. The summed E-state index contributed by atoms with van der Waals surface area (Å²) < 4.78 is 46.5. The van der Waals surface area contributed by atoms with E-state index in [2.05, 4.69) is 0 Å². The van der Waals surface area contributed by atoms with Gasteiger partial charge < -0.3 is 4.74 Å². The Bertz CT molecular complexity index is 872. The van der Waals surface area contributed by atoms with Crippen molar-refractivity contribution in [3.8, 4) is 0 Å². The maximum Gasteiger partial charge on any atom is 0.406 e. The molecule has 1 aliphatic heterocycles. The van der Waals surface area contributed by atoms with Gasteiger partial charge in [-0.15, -0.1) is 0 Å². The first-order chi connectivity index (χ1) is 13.7. The minimum Gasteiger partial charge on any atom is -0.460 e. The fraction of sp³-hybridized carbons (Fsp3) is 0.350. The van der Waals surface area contributed by atoms with Crippen LogP contribution in [-0.4, -0.2) is 35.1 Å². The van der Waals surface area contributed by atoms with Crippen LogP contribution in [0.2, 0.25) is 0 Å². The zero-order chi connectivity index (χ0) is 21.1. The Kier molecular flexibility index (Phi) is 5.88. The van der Waals surface area contributed by atoms with Crippen LogP contribution >= 0.6 is 0 Å². The van der Waals surface area contributed by atoms with Crippen LogP contribution in [0.1, 0.15) is 17.5 Å². The second kappa shape index (κ2) is 8.20. The van der Waals surface area contributed by atoms with Crippen LogP contribution in [0.3, 0.4) is 0 Å². The Labute approximate surface area is 165 Å². The first kappa shape index (κ1) is 20.8. The van der Waals surface area contributed by atoms with Crippen molar-refractivity contribution in [2.45, 2.75) is 25.7 Å². The number of likely N-dealkylation sites (tertiary alicyclic amines) is 1. The van der Waals surface area contributed by atoms with Gasteiger partial charge in [0.1, 0.15) is 6.61 Å². The van der Waals surface area contributed by atoms with Gasteiger partial charge in [-0.3, -0.25) is 19.8 Å². The highest BCUT2D eigenvalue weighted by atomic mass is 19.4. The highest BCUT2D eigenvalue weighted by Gasteiger charge is 2.64. The Morgan fingerprint density at radius 2 is 1.76 bits per heavy atom. The zero-order valence-electron chi connectivity index (χ0n) is 15.4. The van der Waals surface area contributed by atoms with Crippen molar-refractivity contribution >= 4 is 11.7 Å². The number of halogens is 3. The van der Waals surface area contributed by atoms with Gasteiger partial charge in [-0.2, -0.15) is 13.2 Å². The van der Waals surface area contributed by atoms with Crippen LogP contribution in [-0.2, 0) is 22.7 Å². The number of nitro benzene ring substituents is 1. The molecule has 1 fully saturated rings. The third-order valence-corrected chi connectivity index (χ3v) is 5.05. The second-order valence-corrected chi connectivity index (χ2v) is 7.03. The van der Waals surface area contributed by atoms with Crippen molar-refractivity contribution in [2.24, 2.45) is 5.41 Å². The highest BCUT2D eigenvalue weighted by Crippen LogP contribution is 2.47. The smallest absolute Gasteiger partial charge is 0.406 e. The van der Waals surface area contributed by atoms with Crippen LogP contribution in [0.5, 0.6) is 0 Å². The molecule has 2 aromatic carbocycles. The SMILES string of the molecule is O=C(OCc1ccc([N+](=O)[O-])cc1)C1(C(F)(F)F)CCN(Cc2ccccc2)C1. The minimum atomic E-state index is -4.75. The van der Waals surface area contributed by atoms with Crippen LogP contribution in [0.15, 0.2) is 54.6 Å². The molecule has 1 saturated heterocycles. The highest BCUT2D eigenvalue weighted by molar-refractivity contribution is 5.78. The molecule has 0 spiro atoms. The lowest BCUT2D eigenvalue weighted by Crippen LogP contribution is -2.48. The van der Waals surface area contributed by atoms with E-state index >= 15 is 0 Å². The molecule has 6 nitrogen and oxygen atoms in total. The molecule has 0 aliphatic carbocycles. The topological polar surface area (TPSA) is 72.7 Å². The lowest BCUT2D eigenvalue weighted by molar-refractivity contribution is -0.384. The summed E-state index contributed by atoms with van der Waals surface area (Å²) in [7, 11) is 0. The molecular formula is C20H19F3N2O4. The quantitative estimate of drug-likeness (QED) is 0.409. The zero-order valence-corrected chi connectivity index (χ0v) is 15.4. The lowest BCUT2D eigenvalue weighted by Gasteiger charge is -2.29. The molecule has 3 rings (SSSR count). The number of rotatable bonds is 6. The van der Waals surface area contributed by atoms with Crippen LogP contribution < -0.4 is 0 Å². The monoisotopic (exact) mass is 408 g/mol. The summed E-state index contributed by atoms with van der Waals surface area (Å²) in [6.07, 6.45) is -5.12. The van der Waals surface area contributed by atoms with E-state index in [-0.39, 0.29) is 25.3 Å². The van der Waals surface area contributed by atoms with E-state index in [9.17, 15) is 28.1 Å². The van der Waals surface area contributed by atoms with E-state index in [1.807, 2.05) is 18.2 Å². The van der Waals surface area contributed by atoms with Gasteiger partial charge >= 0.3 is 12.1 Å². The van der Waals surface area contributed by atoms with E-state index in [1.165, 1.54) is 24.3 Å².